The van der Waals surface area contributed by atoms with Gasteiger partial charge in [0.1, 0.15) is 5.01 Å². The fraction of sp³-hybridized carbons (Fsp3) is 0.600. The van der Waals surface area contributed by atoms with E-state index in [4.69, 9.17) is 5.11 Å². The molecular weight excluding hydrogens is 299 g/mol. The molecule has 1 aliphatic rings. The van der Waals surface area contributed by atoms with Gasteiger partial charge in [0, 0.05) is 6.54 Å². The van der Waals surface area contributed by atoms with Crippen LogP contribution in [0.5, 0.6) is 0 Å². The van der Waals surface area contributed by atoms with Gasteiger partial charge in [0.15, 0.2) is 0 Å². The molecular formula is C10H10F3N3O3S. The second-order valence-corrected chi connectivity index (χ2v) is 5.27. The van der Waals surface area contributed by atoms with Crippen LogP contribution < -0.4 is 0 Å². The van der Waals surface area contributed by atoms with E-state index in [1.54, 1.807) is 0 Å². The Morgan fingerprint density at radius 3 is 2.55 bits per heavy atom. The van der Waals surface area contributed by atoms with Crippen LogP contribution in [0.4, 0.5) is 13.2 Å². The second kappa shape index (κ2) is 5.35. The largest absolute Gasteiger partial charge is 0.476 e. The lowest BCUT2D eigenvalue weighted by molar-refractivity contribution is -0.189. The molecule has 0 aliphatic carbocycles. The lowest BCUT2D eigenvalue weighted by Gasteiger charge is -2.34. The molecule has 6 nitrogen and oxygen atoms in total. The zero-order valence-corrected chi connectivity index (χ0v) is 10.9. The monoisotopic (exact) mass is 309 g/mol. The van der Waals surface area contributed by atoms with Gasteiger partial charge in [0.2, 0.25) is 5.01 Å². The number of likely N-dealkylation sites (tertiary alicyclic amines) is 1. The van der Waals surface area contributed by atoms with Crippen LogP contribution in [0.1, 0.15) is 40.1 Å². The number of amides is 1. The third-order valence-corrected chi connectivity index (χ3v) is 3.93. The fourth-order valence-corrected chi connectivity index (χ4v) is 2.88. The number of hydrogen-bond acceptors (Lipinski definition) is 5. The van der Waals surface area contributed by atoms with E-state index in [1.807, 2.05) is 0 Å². The molecule has 2 heterocycles. The molecule has 1 aromatic rings. The molecule has 0 spiro atoms. The highest BCUT2D eigenvalue weighted by Crippen LogP contribution is 2.35. The van der Waals surface area contributed by atoms with E-state index in [-0.39, 0.29) is 16.6 Å². The van der Waals surface area contributed by atoms with Crippen molar-refractivity contribution in [1.82, 2.24) is 15.1 Å². The lowest BCUT2D eigenvalue weighted by atomic mass is 10.0. The first-order valence-electron chi connectivity index (χ1n) is 5.75. The van der Waals surface area contributed by atoms with Crippen LogP contribution in [0.3, 0.4) is 0 Å². The smallest absolute Gasteiger partial charge is 0.471 e. The van der Waals surface area contributed by atoms with Gasteiger partial charge in [-0.05, 0) is 19.3 Å². The average Bonchev–Trinajstić information content (AvgIpc) is 2.86. The number of aromatic carboxylic acids is 1. The normalized spacial score (nSPS) is 19.9. The maximum absolute atomic E-state index is 12.5. The molecule has 20 heavy (non-hydrogen) atoms. The molecule has 2 rings (SSSR count). The Hall–Kier alpha value is -1.71. The molecule has 110 valence electrons. The van der Waals surface area contributed by atoms with Crippen molar-refractivity contribution in [3.8, 4) is 0 Å². The minimum absolute atomic E-state index is 0.0228. The van der Waals surface area contributed by atoms with E-state index in [0.717, 1.165) is 0 Å². The third-order valence-electron chi connectivity index (χ3n) is 2.91. The number of carbonyl (C=O) groups excluding carboxylic acids is 1. The van der Waals surface area contributed by atoms with Gasteiger partial charge in [-0.25, -0.2) is 4.79 Å². The topological polar surface area (TPSA) is 83.4 Å². The number of carboxylic acids is 1. The van der Waals surface area contributed by atoms with Crippen molar-refractivity contribution >= 4 is 23.2 Å². The Balaban J connectivity index is 2.26. The number of hydrogen-bond donors (Lipinski definition) is 1. The van der Waals surface area contributed by atoms with E-state index in [0.29, 0.717) is 35.5 Å². The molecule has 1 N–H and O–H groups in total. The third kappa shape index (κ3) is 2.89. The molecule has 1 aromatic heterocycles. The highest BCUT2D eigenvalue weighted by Gasteiger charge is 2.46. The van der Waals surface area contributed by atoms with Crippen LogP contribution in [0.25, 0.3) is 0 Å². The van der Waals surface area contributed by atoms with Gasteiger partial charge in [-0.15, -0.1) is 10.2 Å². The van der Waals surface area contributed by atoms with Gasteiger partial charge >= 0.3 is 18.1 Å². The van der Waals surface area contributed by atoms with Crippen molar-refractivity contribution in [2.45, 2.75) is 31.5 Å². The summed E-state index contributed by atoms with van der Waals surface area (Å²) in [6, 6.07) is -0.858. The number of carbonyl (C=O) groups is 2. The average molecular weight is 309 g/mol. The Morgan fingerprint density at radius 2 is 2.00 bits per heavy atom. The number of alkyl halides is 3. The summed E-state index contributed by atoms with van der Waals surface area (Å²) in [6.07, 6.45) is -3.51. The summed E-state index contributed by atoms with van der Waals surface area (Å²) in [5, 5.41) is 15.6. The van der Waals surface area contributed by atoms with Gasteiger partial charge in [-0.2, -0.15) is 13.2 Å². The summed E-state index contributed by atoms with van der Waals surface area (Å²) in [4.78, 5) is 22.8. The zero-order valence-electron chi connectivity index (χ0n) is 10.1. The number of halogens is 3. The Bertz CT molecular complexity index is 531. The minimum atomic E-state index is -4.95. The molecule has 1 unspecified atom stereocenters. The predicted molar refractivity (Wildman–Crippen MR) is 61.2 cm³/mol. The van der Waals surface area contributed by atoms with Gasteiger partial charge in [0.05, 0.1) is 6.04 Å². The molecule has 0 bridgehead atoms. The van der Waals surface area contributed by atoms with Crippen LogP contribution in [0.15, 0.2) is 0 Å². The SMILES string of the molecule is O=C(O)c1nnc(C2CCCCN2C(=O)C(F)(F)F)s1. The van der Waals surface area contributed by atoms with Gasteiger partial charge in [-0.1, -0.05) is 11.3 Å². The highest BCUT2D eigenvalue weighted by atomic mass is 32.1. The van der Waals surface area contributed by atoms with Crippen molar-refractivity contribution in [3.05, 3.63) is 10.0 Å². The van der Waals surface area contributed by atoms with Crippen LogP contribution in [-0.2, 0) is 4.79 Å². The van der Waals surface area contributed by atoms with E-state index in [1.165, 1.54) is 0 Å². The molecule has 0 aromatic carbocycles. The van der Waals surface area contributed by atoms with Crippen LogP contribution >= 0.6 is 11.3 Å². The molecule has 1 saturated heterocycles. The summed E-state index contributed by atoms with van der Waals surface area (Å²) in [5.74, 6) is -3.22. The number of piperidine rings is 1. The van der Waals surface area contributed by atoms with E-state index >= 15 is 0 Å². The van der Waals surface area contributed by atoms with Gasteiger partial charge in [-0.3, -0.25) is 4.79 Å². The highest BCUT2D eigenvalue weighted by molar-refractivity contribution is 7.13. The van der Waals surface area contributed by atoms with Crippen LogP contribution in [0.2, 0.25) is 0 Å². The van der Waals surface area contributed by atoms with Crippen molar-refractivity contribution in [2.24, 2.45) is 0 Å². The number of carboxylic acid groups (broad SMARTS) is 1. The first-order chi connectivity index (χ1) is 9.30. The molecule has 1 atom stereocenters. The van der Waals surface area contributed by atoms with E-state index in [9.17, 15) is 22.8 Å². The van der Waals surface area contributed by atoms with E-state index in [2.05, 4.69) is 10.2 Å². The number of aromatic nitrogens is 2. The fourth-order valence-electron chi connectivity index (χ4n) is 2.05. The van der Waals surface area contributed by atoms with Crippen LogP contribution in [-0.4, -0.2) is 44.8 Å². The van der Waals surface area contributed by atoms with Crippen molar-refractivity contribution in [2.75, 3.05) is 6.54 Å². The summed E-state index contributed by atoms with van der Waals surface area (Å²) in [6.45, 7) is -0.0228. The molecule has 10 heteroatoms. The van der Waals surface area contributed by atoms with Crippen molar-refractivity contribution < 1.29 is 27.9 Å². The number of nitrogens with zero attached hydrogens (tertiary/aromatic N) is 3. The predicted octanol–water partition coefficient (Wildman–Crippen LogP) is 1.85. The minimum Gasteiger partial charge on any atom is -0.476 e. The van der Waals surface area contributed by atoms with E-state index < -0.39 is 24.1 Å². The zero-order chi connectivity index (χ0) is 14.9. The summed E-state index contributed by atoms with van der Waals surface area (Å²) in [5.41, 5.74) is 0. The Morgan fingerprint density at radius 1 is 1.30 bits per heavy atom. The van der Waals surface area contributed by atoms with Crippen LogP contribution in [0, 0.1) is 0 Å². The Labute approximate surface area is 115 Å². The molecule has 1 aliphatic heterocycles. The van der Waals surface area contributed by atoms with Gasteiger partial charge in [0.25, 0.3) is 0 Å². The molecule has 1 fully saturated rings. The summed E-state index contributed by atoms with van der Waals surface area (Å²) < 4.78 is 37.6. The Kier molecular flexibility index (Phi) is 3.93. The maximum Gasteiger partial charge on any atom is 0.471 e. The van der Waals surface area contributed by atoms with Crippen molar-refractivity contribution in [3.63, 3.8) is 0 Å². The van der Waals surface area contributed by atoms with Crippen molar-refractivity contribution in [1.29, 1.82) is 0 Å². The lowest BCUT2D eigenvalue weighted by Crippen LogP contribution is -2.45. The van der Waals surface area contributed by atoms with Gasteiger partial charge < -0.3 is 10.0 Å². The summed E-state index contributed by atoms with van der Waals surface area (Å²) >= 11 is 0.696. The second-order valence-electron chi connectivity index (χ2n) is 4.26. The molecule has 1 amide bonds. The standard InChI is InChI=1S/C10H10F3N3O3S/c11-10(12,13)9(19)16-4-2-1-3-5(16)6-14-15-7(20-6)8(17)18/h5H,1-4H2,(H,17,18). The summed E-state index contributed by atoms with van der Waals surface area (Å²) in [7, 11) is 0. The molecule has 0 radical (unpaired) electrons. The maximum atomic E-state index is 12.5. The quantitative estimate of drug-likeness (QED) is 0.901. The first-order valence-corrected chi connectivity index (χ1v) is 6.57. The number of rotatable bonds is 2. The molecule has 0 saturated carbocycles. The first kappa shape index (κ1) is 14.7.